The van der Waals surface area contributed by atoms with E-state index in [9.17, 15) is 4.79 Å². The molecule has 5 nitrogen and oxygen atoms in total. The van der Waals surface area contributed by atoms with Gasteiger partial charge in [-0.3, -0.25) is 4.79 Å². The van der Waals surface area contributed by atoms with Gasteiger partial charge in [0, 0.05) is 17.7 Å². The Morgan fingerprint density at radius 1 is 0.962 bits per heavy atom. The van der Waals surface area contributed by atoms with E-state index in [2.05, 4.69) is 17.4 Å². The molecule has 1 aliphatic rings. The molecule has 0 aliphatic heterocycles. The lowest BCUT2D eigenvalue weighted by molar-refractivity contribution is -0.117. The standard InChI is InChI=1S/C21H23NO4/c1-24-18-10-8-14(20(25-2)21(18)26-3)9-11-19(23)22-17-12-15-6-4-5-7-16(15)13-17/h4-11,17H,12-13H2,1-3H3,(H,22,23). The predicted molar refractivity (Wildman–Crippen MR) is 101 cm³/mol. The van der Waals surface area contributed by atoms with Crippen LogP contribution in [0.5, 0.6) is 17.2 Å². The summed E-state index contributed by atoms with van der Waals surface area (Å²) < 4.78 is 16.1. The summed E-state index contributed by atoms with van der Waals surface area (Å²) in [6.45, 7) is 0. The van der Waals surface area contributed by atoms with Gasteiger partial charge in [0.05, 0.1) is 21.3 Å². The Morgan fingerprint density at radius 2 is 1.62 bits per heavy atom. The fourth-order valence-electron chi connectivity index (χ4n) is 3.33. The third-order valence-electron chi connectivity index (χ3n) is 4.55. The van der Waals surface area contributed by atoms with Crippen molar-refractivity contribution in [3.63, 3.8) is 0 Å². The third kappa shape index (κ3) is 3.67. The highest BCUT2D eigenvalue weighted by Crippen LogP contribution is 2.40. The van der Waals surface area contributed by atoms with Crippen molar-refractivity contribution < 1.29 is 19.0 Å². The average Bonchev–Trinajstić information content (AvgIpc) is 3.07. The maximum atomic E-state index is 12.3. The second-order valence-electron chi connectivity index (χ2n) is 6.14. The summed E-state index contributed by atoms with van der Waals surface area (Å²) in [4.78, 5) is 12.3. The zero-order valence-electron chi connectivity index (χ0n) is 15.2. The maximum absolute atomic E-state index is 12.3. The van der Waals surface area contributed by atoms with Gasteiger partial charge in [-0.1, -0.05) is 24.3 Å². The van der Waals surface area contributed by atoms with Gasteiger partial charge in [-0.25, -0.2) is 0 Å². The second-order valence-corrected chi connectivity index (χ2v) is 6.14. The van der Waals surface area contributed by atoms with Crippen LogP contribution in [0.4, 0.5) is 0 Å². The van der Waals surface area contributed by atoms with Crippen molar-refractivity contribution in [2.24, 2.45) is 0 Å². The predicted octanol–water partition coefficient (Wildman–Crippen LogP) is 3.01. The van der Waals surface area contributed by atoms with Crippen molar-refractivity contribution in [2.75, 3.05) is 21.3 Å². The number of methoxy groups -OCH3 is 3. The average molecular weight is 353 g/mol. The Kier molecular flexibility index (Phi) is 5.46. The SMILES string of the molecule is COc1ccc(C=CC(=O)NC2Cc3ccccc3C2)c(OC)c1OC. The van der Waals surface area contributed by atoms with Crippen LogP contribution >= 0.6 is 0 Å². The van der Waals surface area contributed by atoms with E-state index in [1.165, 1.54) is 17.2 Å². The van der Waals surface area contributed by atoms with E-state index in [0.29, 0.717) is 17.2 Å². The monoisotopic (exact) mass is 353 g/mol. The van der Waals surface area contributed by atoms with Gasteiger partial charge in [-0.2, -0.15) is 0 Å². The van der Waals surface area contributed by atoms with Gasteiger partial charge in [0.1, 0.15) is 0 Å². The number of hydrogen-bond donors (Lipinski definition) is 1. The second kappa shape index (κ2) is 7.95. The lowest BCUT2D eigenvalue weighted by Crippen LogP contribution is -2.34. The Hall–Kier alpha value is -2.95. The fraction of sp³-hybridized carbons (Fsp3) is 0.286. The molecular weight excluding hydrogens is 330 g/mol. The Morgan fingerprint density at radius 3 is 2.19 bits per heavy atom. The highest BCUT2D eigenvalue weighted by Gasteiger charge is 2.21. The van der Waals surface area contributed by atoms with Gasteiger partial charge >= 0.3 is 0 Å². The number of amides is 1. The quantitative estimate of drug-likeness (QED) is 0.811. The third-order valence-corrected chi connectivity index (χ3v) is 4.55. The van der Waals surface area contributed by atoms with Crippen LogP contribution in [0.15, 0.2) is 42.5 Å². The number of fused-ring (bicyclic) bond motifs is 1. The first-order valence-electron chi connectivity index (χ1n) is 8.50. The molecule has 3 rings (SSSR count). The molecular formula is C21H23NO4. The maximum Gasteiger partial charge on any atom is 0.244 e. The summed E-state index contributed by atoms with van der Waals surface area (Å²) in [5.41, 5.74) is 3.36. The molecule has 0 bridgehead atoms. The van der Waals surface area contributed by atoms with Gasteiger partial charge in [-0.15, -0.1) is 0 Å². The smallest absolute Gasteiger partial charge is 0.244 e. The van der Waals surface area contributed by atoms with Crippen LogP contribution in [-0.2, 0) is 17.6 Å². The summed E-state index contributed by atoms with van der Waals surface area (Å²) in [5, 5.41) is 3.06. The Bertz CT molecular complexity index is 804. The molecule has 2 aromatic carbocycles. The summed E-state index contributed by atoms with van der Waals surface area (Å²) in [7, 11) is 4.68. The Labute approximate surface area is 153 Å². The number of nitrogens with one attached hydrogen (secondary N) is 1. The molecule has 0 saturated heterocycles. The van der Waals surface area contributed by atoms with Crippen LogP contribution in [0.1, 0.15) is 16.7 Å². The van der Waals surface area contributed by atoms with Crippen molar-refractivity contribution >= 4 is 12.0 Å². The first-order valence-corrected chi connectivity index (χ1v) is 8.50. The summed E-state index contributed by atoms with van der Waals surface area (Å²) >= 11 is 0. The minimum atomic E-state index is -0.125. The van der Waals surface area contributed by atoms with Crippen LogP contribution < -0.4 is 19.5 Å². The molecule has 0 saturated carbocycles. The van der Waals surface area contributed by atoms with E-state index in [-0.39, 0.29) is 11.9 Å². The van der Waals surface area contributed by atoms with Crippen LogP contribution in [0.3, 0.4) is 0 Å². The van der Waals surface area contributed by atoms with Gasteiger partial charge in [-0.05, 0) is 42.2 Å². The van der Waals surface area contributed by atoms with E-state index in [0.717, 1.165) is 18.4 Å². The van der Waals surface area contributed by atoms with E-state index >= 15 is 0 Å². The minimum absolute atomic E-state index is 0.125. The van der Waals surface area contributed by atoms with Crippen molar-refractivity contribution in [3.05, 3.63) is 59.2 Å². The number of benzene rings is 2. The van der Waals surface area contributed by atoms with E-state index < -0.39 is 0 Å². The molecule has 1 amide bonds. The molecule has 1 N–H and O–H groups in total. The molecule has 0 spiro atoms. The largest absolute Gasteiger partial charge is 0.493 e. The first-order chi connectivity index (χ1) is 12.7. The number of rotatable bonds is 6. The topological polar surface area (TPSA) is 56.8 Å². The number of hydrogen-bond acceptors (Lipinski definition) is 4. The van der Waals surface area contributed by atoms with Crippen molar-refractivity contribution in [1.82, 2.24) is 5.32 Å². The number of carbonyl (C=O) groups is 1. The molecule has 0 atom stereocenters. The van der Waals surface area contributed by atoms with E-state index in [1.807, 2.05) is 18.2 Å². The molecule has 0 fully saturated rings. The molecule has 0 aromatic heterocycles. The van der Waals surface area contributed by atoms with Crippen molar-refractivity contribution in [3.8, 4) is 17.2 Å². The van der Waals surface area contributed by atoms with Crippen LogP contribution in [0.25, 0.3) is 6.08 Å². The summed E-state index contributed by atoms with van der Waals surface area (Å²) in [5.74, 6) is 1.49. The summed E-state index contributed by atoms with van der Waals surface area (Å²) in [6, 6.07) is 12.1. The zero-order chi connectivity index (χ0) is 18.5. The van der Waals surface area contributed by atoms with Crippen molar-refractivity contribution in [1.29, 1.82) is 0 Å². The van der Waals surface area contributed by atoms with Gasteiger partial charge in [0.25, 0.3) is 0 Å². The normalized spacial score (nSPS) is 13.5. The highest BCUT2D eigenvalue weighted by molar-refractivity contribution is 5.92. The lowest BCUT2D eigenvalue weighted by Gasteiger charge is -2.14. The lowest BCUT2D eigenvalue weighted by atomic mass is 10.1. The first kappa shape index (κ1) is 17.9. The van der Waals surface area contributed by atoms with Crippen LogP contribution in [-0.4, -0.2) is 33.3 Å². The molecule has 26 heavy (non-hydrogen) atoms. The minimum Gasteiger partial charge on any atom is -0.493 e. The zero-order valence-corrected chi connectivity index (χ0v) is 15.2. The summed E-state index contributed by atoms with van der Waals surface area (Å²) in [6.07, 6.45) is 4.98. The van der Waals surface area contributed by atoms with Gasteiger partial charge < -0.3 is 19.5 Å². The molecule has 0 radical (unpaired) electrons. The highest BCUT2D eigenvalue weighted by atomic mass is 16.5. The van der Waals surface area contributed by atoms with Crippen molar-refractivity contribution in [2.45, 2.75) is 18.9 Å². The van der Waals surface area contributed by atoms with E-state index in [1.54, 1.807) is 33.5 Å². The molecule has 136 valence electrons. The number of ether oxygens (including phenoxy) is 3. The van der Waals surface area contributed by atoms with Crippen LogP contribution in [0, 0.1) is 0 Å². The van der Waals surface area contributed by atoms with Crippen LogP contribution in [0.2, 0.25) is 0 Å². The molecule has 2 aromatic rings. The fourth-order valence-corrected chi connectivity index (χ4v) is 3.33. The number of carbonyl (C=O) groups excluding carboxylic acids is 1. The molecule has 1 aliphatic carbocycles. The Balaban J connectivity index is 1.69. The molecule has 0 unspecified atom stereocenters. The van der Waals surface area contributed by atoms with Gasteiger partial charge in [0.15, 0.2) is 11.5 Å². The van der Waals surface area contributed by atoms with Gasteiger partial charge in [0.2, 0.25) is 11.7 Å². The molecule has 0 heterocycles. The molecule has 5 heteroatoms. The van der Waals surface area contributed by atoms with E-state index in [4.69, 9.17) is 14.2 Å².